The van der Waals surface area contributed by atoms with Crippen molar-refractivity contribution in [3.8, 4) is 0 Å². The molecule has 0 aromatic rings. The quantitative estimate of drug-likeness (QED) is 0.315. The third-order valence-corrected chi connectivity index (χ3v) is 5.77. The molecule has 0 amide bonds. The van der Waals surface area contributed by atoms with Gasteiger partial charge >= 0.3 is 6.16 Å². The van der Waals surface area contributed by atoms with Gasteiger partial charge in [0, 0.05) is 12.3 Å². The van der Waals surface area contributed by atoms with Crippen molar-refractivity contribution >= 4 is 29.3 Å². The monoisotopic (exact) mass is 452 g/mol. The molecule has 3 atom stereocenters. The fourth-order valence-corrected chi connectivity index (χ4v) is 3.88. The average Bonchev–Trinajstić information content (AvgIpc) is 2.89. The van der Waals surface area contributed by atoms with Crippen LogP contribution in [0.25, 0.3) is 0 Å². The molecule has 3 unspecified atom stereocenters. The first-order valence-electron chi connectivity index (χ1n) is 11.8. The van der Waals surface area contributed by atoms with Crippen molar-refractivity contribution in [3.63, 3.8) is 0 Å². The molecule has 0 aromatic carbocycles. The van der Waals surface area contributed by atoms with Gasteiger partial charge in [-0.15, -0.1) is 0 Å². The van der Waals surface area contributed by atoms with E-state index >= 15 is 0 Å². The lowest BCUT2D eigenvalue weighted by Crippen LogP contribution is -2.54. The predicted molar refractivity (Wildman–Crippen MR) is 120 cm³/mol. The highest BCUT2D eigenvalue weighted by molar-refractivity contribution is 6.34. The van der Waals surface area contributed by atoms with E-state index in [0.29, 0.717) is 12.8 Å². The number of ketones is 4. The van der Waals surface area contributed by atoms with Gasteiger partial charge < -0.3 is 9.47 Å². The highest BCUT2D eigenvalue weighted by atomic mass is 16.7. The van der Waals surface area contributed by atoms with E-state index < -0.39 is 52.6 Å². The summed E-state index contributed by atoms with van der Waals surface area (Å²) in [6.45, 7) is 14.7. The summed E-state index contributed by atoms with van der Waals surface area (Å²) in [4.78, 5) is 65.8. The van der Waals surface area contributed by atoms with Crippen molar-refractivity contribution in [1.29, 1.82) is 0 Å². The zero-order valence-corrected chi connectivity index (χ0v) is 20.9. The van der Waals surface area contributed by atoms with Gasteiger partial charge in [0.2, 0.25) is 11.4 Å². The van der Waals surface area contributed by atoms with E-state index in [-0.39, 0.29) is 37.2 Å². The fourth-order valence-electron chi connectivity index (χ4n) is 3.88. The van der Waals surface area contributed by atoms with Crippen LogP contribution < -0.4 is 0 Å². The maximum Gasteiger partial charge on any atom is 0.509 e. The van der Waals surface area contributed by atoms with Gasteiger partial charge in [0.1, 0.15) is 5.92 Å². The summed E-state index contributed by atoms with van der Waals surface area (Å²) >= 11 is 0. The second-order valence-corrected chi connectivity index (χ2v) is 10.4. The van der Waals surface area contributed by atoms with Crippen LogP contribution in [0.2, 0.25) is 0 Å². The van der Waals surface area contributed by atoms with Crippen LogP contribution >= 0.6 is 0 Å². The van der Waals surface area contributed by atoms with Gasteiger partial charge in [-0.1, -0.05) is 61.8 Å². The lowest BCUT2D eigenvalue weighted by atomic mass is 9.79. The van der Waals surface area contributed by atoms with E-state index in [1.54, 1.807) is 13.8 Å². The molecule has 0 saturated heterocycles. The van der Waals surface area contributed by atoms with Crippen molar-refractivity contribution in [2.24, 2.45) is 35.5 Å². The van der Waals surface area contributed by atoms with E-state index in [1.807, 2.05) is 41.5 Å². The Bertz CT molecular complexity index is 720. The average molecular weight is 453 g/mol. The van der Waals surface area contributed by atoms with Crippen LogP contribution in [0, 0.1) is 35.5 Å². The van der Waals surface area contributed by atoms with E-state index in [2.05, 4.69) is 0 Å². The third kappa shape index (κ3) is 6.48. The molecule has 0 heterocycles. The lowest BCUT2D eigenvalue weighted by molar-refractivity contribution is -0.158. The first-order chi connectivity index (χ1) is 14.7. The van der Waals surface area contributed by atoms with Crippen molar-refractivity contribution in [3.05, 3.63) is 0 Å². The SMILES string of the molecule is CC(C)CCC(=O)C1(OC(=O)OCC(C)C)C(=O)C(C(=O)C(C)C)C(=O)C1CCC(C)C. The zero-order valence-electron chi connectivity index (χ0n) is 20.9. The van der Waals surface area contributed by atoms with E-state index in [4.69, 9.17) is 9.47 Å². The Morgan fingerprint density at radius 2 is 1.44 bits per heavy atom. The van der Waals surface area contributed by atoms with Crippen LogP contribution in [-0.2, 0) is 28.7 Å². The lowest BCUT2D eigenvalue weighted by Gasteiger charge is -2.31. The summed E-state index contributed by atoms with van der Waals surface area (Å²) in [5.74, 6) is -5.69. The van der Waals surface area contributed by atoms with E-state index in [1.165, 1.54) is 0 Å². The number of ether oxygens (including phenoxy) is 2. The van der Waals surface area contributed by atoms with Gasteiger partial charge in [0.15, 0.2) is 17.3 Å². The van der Waals surface area contributed by atoms with Crippen LogP contribution in [0.3, 0.4) is 0 Å². The van der Waals surface area contributed by atoms with Crippen molar-refractivity contribution in [2.75, 3.05) is 6.61 Å². The molecule has 182 valence electrons. The summed E-state index contributed by atoms with van der Waals surface area (Å²) in [7, 11) is 0. The molecule has 0 aromatic heterocycles. The molecule has 0 bridgehead atoms. The fraction of sp³-hybridized carbons (Fsp3) is 0.800. The molecule has 1 fully saturated rings. The van der Waals surface area contributed by atoms with Gasteiger partial charge in [-0.05, 0) is 30.6 Å². The number of carbonyl (C=O) groups excluding carboxylic acids is 5. The molecule has 0 spiro atoms. The molecule has 1 rings (SSSR count). The zero-order chi connectivity index (χ0) is 24.8. The Labute approximate surface area is 192 Å². The smallest absolute Gasteiger partial charge is 0.434 e. The number of hydrogen-bond acceptors (Lipinski definition) is 7. The van der Waals surface area contributed by atoms with Gasteiger partial charge in [-0.3, -0.25) is 19.2 Å². The molecule has 0 radical (unpaired) electrons. The van der Waals surface area contributed by atoms with Crippen molar-refractivity contribution < 1.29 is 33.4 Å². The topological polar surface area (TPSA) is 104 Å². The number of rotatable bonds is 12. The van der Waals surface area contributed by atoms with E-state index in [9.17, 15) is 24.0 Å². The molecule has 0 aliphatic heterocycles. The number of hydrogen-bond donors (Lipinski definition) is 0. The molecule has 32 heavy (non-hydrogen) atoms. The molecule has 1 aliphatic carbocycles. The predicted octanol–water partition coefficient (Wildman–Crippen LogP) is 4.59. The molecule has 0 N–H and O–H groups in total. The first-order valence-corrected chi connectivity index (χ1v) is 11.8. The summed E-state index contributed by atoms with van der Waals surface area (Å²) < 4.78 is 10.6. The minimum Gasteiger partial charge on any atom is -0.434 e. The Balaban J connectivity index is 3.52. The molecule has 1 saturated carbocycles. The summed E-state index contributed by atoms with van der Waals surface area (Å²) in [6, 6.07) is 0. The second-order valence-electron chi connectivity index (χ2n) is 10.4. The summed E-state index contributed by atoms with van der Waals surface area (Å²) in [6.07, 6.45) is -0.0173. The largest absolute Gasteiger partial charge is 0.509 e. The highest BCUT2D eigenvalue weighted by Gasteiger charge is 2.68. The first kappa shape index (κ1) is 28.0. The van der Waals surface area contributed by atoms with E-state index in [0.717, 1.165) is 0 Å². The van der Waals surface area contributed by atoms with Crippen molar-refractivity contribution in [1.82, 2.24) is 0 Å². The maximum atomic E-state index is 13.6. The molecule has 7 nitrogen and oxygen atoms in total. The molecule has 7 heteroatoms. The Morgan fingerprint density at radius 3 is 1.91 bits per heavy atom. The third-order valence-electron chi connectivity index (χ3n) is 5.77. The Kier molecular flexibility index (Phi) is 10.2. The van der Waals surface area contributed by atoms with Gasteiger partial charge in [-0.2, -0.15) is 0 Å². The van der Waals surface area contributed by atoms with Gasteiger partial charge in [-0.25, -0.2) is 4.79 Å². The standard InChI is InChI=1S/C25H40O7/c1-14(2)9-11-18-22(28)20(21(27)17(7)8)23(29)25(18,19(26)12-10-15(3)4)32-24(30)31-13-16(5)6/h14-18,20H,9-13H2,1-8H3. The molecular formula is C25H40O7. The summed E-state index contributed by atoms with van der Waals surface area (Å²) in [5, 5.41) is 0. The molecule has 1 aliphatic rings. The normalized spacial score (nSPS) is 23.5. The Hall–Kier alpha value is -2.05. The number of carbonyl (C=O) groups is 5. The summed E-state index contributed by atoms with van der Waals surface area (Å²) in [5.41, 5.74) is -2.30. The Morgan fingerprint density at radius 1 is 0.875 bits per heavy atom. The van der Waals surface area contributed by atoms with Crippen molar-refractivity contribution in [2.45, 2.75) is 86.7 Å². The minimum atomic E-state index is -2.30. The van der Waals surface area contributed by atoms with Crippen LogP contribution in [0.1, 0.15) is 81.1 Å². The van der Waals surface area contributed by atoms with Crippen LogP contribution in [0.5, 0.6) is 0 Å². The van der Waals surface area contributed by atoms with Gasteiger partial charge in [0.25, 0.3) is 0 Å². The number of Topliss-reactive ketones (excluding diaryl/α,β-unsaturated/α-hetero) is 4. The highest BCUT2D eigenvalue weighted by Crippen LogP contribution is 2.43. The van der Waals surface area contributed by atoms with Gasteiger partial charge in [0.05, 0.1) is 12.5 Å². The molecular weight excluding hydrogens is 412 g/mol. The second kappa shape index (κ2) is 11.7. The van der Waals surface area contributed by atoms with Crippen LogP contribution in [-0.4, -0.2) is 41.5 Å². The van der Waals surface area contributed by atoms with Crippen LogP contribution in [0.4, 0.5) is 4.79 Å². The minimum absolute atomic E-state index is 0.0167. The maximum absolute atomic E-state index is 13.6. The van der Waals surface area contributed by atoms with Crippen LogP contribution in [0.15, 0.2) is 0 Å².